The first-order valence-electron chi connectivity index (χ1n) is 8.91. The Kier molecular flexibility index (Phi) is 3.92. The summed E-state index contributed by atoms with van der Waals surface area (Å²) in [5.41, 5.74) is 0.782. The summed E-state index contributed by atoms with van der Waals surface area (Å²) < 4.78 is 19.0. The van der Waals surface area contributed by atoms with E-state index < -0.39 is 0 Å². The summed E-state index contributed by atoms with van der Waals surface area (Å²) in [6, 6.07) is 6.70. The molecule has 1 aromatic carbocycles. The first-order valence-corrected chi connectivity index (χ1v) is 8.91. The van der Waals surface area contributed by atoms with Crippen LogP contribution >= 0.6 is 0 Å². The lowest BCUT2D eigenvalue weighted by Gasteiger charge is -2.31. The van der Waals surface area contributed by atoms with Crippen molar-refractivity contribution in [1.82, 2.24) is 19.9 Å². The van der Waals surface area contributed by atoms with E-state index in [-0.39, 0.29) is 16.6 Å². The van der Waals surface area contributed by atoms with Gasteiger partial charge in [-0.3, -0.25) is 4.90 Å². The van der Waals surface area contributed by atoms with Crippen LogP contribution in [0.5, 0.6) is 0 Å². The average molecular weight is 344 g/mol. The van der Waals surface area contributed by atoms with E-state index in [1.54, 1.807) is 0 Å². The first-order chi connectivity index (χ1) is 11.9. The first kappa shape index (κ1) is 16.7. The minimum atomic E-state index is -0.298. The highest BCUT2D eigenvalue weighted by atomic mass is 19.1. The van der Waals surface area contributed by atoms with Crippen molar-refractivity contribution in [2.75, 3.05) is 33.2 Å². The van der Waals surface area contributed by atoms with Crippen LogP contribution in [0.25, 0.3) is 0 Å². The molecule has 0 amide bonds. The monoisotopic (exact) mass is 344 g/mol. The second-order valence-electron chi connectivity index (χ2n) is 8.07. The van der Waals surface area contributed by atoms with Crippen LogP contribution in [0.4, 0.5) is 4.39 Å². The highest BCUT2D eigenvalue weighted by molar-refractivity contribution is 5.43. The van der Waals surface area contributed by atoms with E-state index in [0.717, 1.165) is 50.5 Å². The SMILES string of the molecule is CN1CCN(Cc2noc(C3(c4ccc(F)cc4)CC3(C)C)n2)CC1. The van der Waals surface area contributed by atoms with E-state index in [1.807, 2.05) is 12.1 Å². The summed E-state index contributed by atoms with van der Waals surface area (Å²) >= 11 is 0. The van der Waals surface area contributed by atoms with Crippen molar-refractivity contribution in [1.29, 1.82) is 0 Å². The van der Waals surface area contributed by atoms with Crippen molar-refractivity contribution in [2.24, 2.45) is 5.41 Å². The Morgan fingerprint density at radius 1 is 1.12 bits per heavy atom. The molecule has 2 aromatic rings. The van der Waals surface area contributed by atoms with Crippen LogP contribution in [0.15, 0.2) is 28.8 Å². The molecular weight excluding hydrogens is 319 g/mol. The number of piperazine rings is 1. The van der Waals surface area contributed by atoms with Crippen LogP contribution < -0.4 is 0 Å². The number of nitrogens with zero attached hydrogens (tertiary/aromatic N) is 4. The Labute approximate surface area is 147 Å². The molecule has 134 valence electrons. The van der Waals surface area contributed by atoms with Crippen molar-refractivity contribution >= 4 is 0 Å². The molecule has 0 radical (unpaired) electrons. The standard InChI is InChI=1S/C19H25FN4O/c1-18(2)13-19(18,14-4-6-15(20)7-5-14)17-21-16(22-25-17)12-24-10-8-23(3)9-11-24/h4-7H,8-13H2,1-3H3. The fraction of sp³-hybridized carbons (Fsp3) is 0.579. The van der Waals surface area contributed by atoms with E-state index in [9.17, 15) is 4.39 Å². The van der Waals surface area contributed by atoms with Gasteiger partial charge in [0.1, 0.15) is 5.82 Å². The van der Waals surface area contributed by atoms with Gasteiger partial charge in [0.05, 0.1) is 12.0 Å². The van der Waals surface area contributed by atoms with E-state index in [4.69, 9.17) is 9.51 Å². The molecule has 6 heteroatoms. The van der Waals surface area contributed by atoms with E-state index in [1.165, 1.54) is 12.1 Å². The van der Waals surface area contributed by atoms with Crippen LogP contribution in [0.2, 0.25) is 0 Å². The molecule has 2 heterocycles. The largest absolute Gasteiger partial charge is 0.338 e. The lowest BCUT2D eigenvalue weighted by Crippen LogP contribution is -2.44. The fourth-order valence-electron chi connectivity index (χ4n) is 4.03. The third-order valence-corrected chi connectivity index (χ3v) is 5.87. The topological polar surface area (TPSA) is 45.4 Å². The molecule has 1 saturated carbocycles. The Hall–Kier alpha value is -1.79. The van der Waals surface area contributed by atoms with Gasteiger partial charge in [0.2, 0.25) is 5.89 Å². The number of benzene rings is 1. The van der Waals surface area contributed by atoms with Gasteiger partial charge in [0.25, 0.3) is 0 Å². The Morgan fingerprint density at radius 3 is 2.36 bits per heavy atom. The molecule has 2 aliphatic rings. The molecule has 1 saturated heterocycles. The molecule has 1 aliphatic carbocycles. The predicted molar refractivity (Wildman–Crippen MR) is 92.7 cm³/mol. The van der Waals surface area contributed by atoms with Gasteiger partial charge in [-0.25, -0.2) is 4.39 Å². The zero-order chi connectivity index (χ0) is 17.7. The fourth-order valence-corrected chi connectivity index (χ4v) is 4.03. The van der Waals surface area contributed by atoms with Gasteiger partial charge in [0.15, 0.2) is 5.82 Å². The van der Waals surface area contributed by atoms with Crippen LogP contribution in [0, 0.1) is 11.2 Å². The minimum Gasteiger partial charge on any atom is -0.338 e. The molecule has 0 spiro atoms. The number of hydrogen-bond donors (Lipinski definition) is 0. The molecule has 1 aliphatic heterocycles. The number of halogens is 1. The van der Waals surface area contributed by atoms with Crippen LogP contribution in [0.1, 0.15) is 37.5 Å². The Bertz CT molecular complexity index is 749. The van der Waals surface area contributed by atoms with Crippen LogP contribution in [-0.2, 0) is 12.0 Å². The van der Waals surface area contributed by atoms with Crippen LogP contribution in [-0.4, -0.2) is 53.2 Å². The van der Waals surface area contributed by atoms with Crippen LogP contribution in [0.3, 0.4) is 0 Å². The van der Waals surface area contributed by atoms with E-state index in [0.29, 0.717) is 5.89 Å². The molecule has 5 nitrogen and oxygen atoms in total. The molecule has 0 bridgehead atoms. The summed E-state index contributed by atoms with van der Waals surface area (Å²) in [6.07, 6.45) is 0.932. The Balaban J connectivity index is 1.56. The van der Waals surface area contributed by atoms with Gasteiger partial charge in [-0.05, 0) is 36.6 Å². The summed E-state index contributed by atoms with van der Waals surface area (Å²) in [7, 11) is 2.14. The number of aromatic nitrogens is 2. The van der Waals surface area contributed by atoms with Gasteiger partial charge < -0.3 is 9.42 Å². The summed E-state index contributed by atoms with van der Waals surface area (Å²) in [6.45, 7) is 9.29. The highest BCUT2D eigenvalue weighted by Crippen LogP contribution is 2.67. The van der Waals surface area contributed by atoms with Crippen molar-refractivity contribution in [3.8, 4) is 0 Å². The van der Waals surface area contributed by atoms with Crippen molar-refractivity contribution in [3.05, 3.63) is 47.4 Å². The molecule has 0 N–H and O–H groups in total. The average Bonchev–Trinajstić information content (AvgIpc) is 2.92. The molecule has 1 aromatic heterocycles. The normalized spacial score (nSPS) is 26.7. The summed E-state index contributed by atoms with van der Waals surface area (Å²) in [4.78, 5) is 9.41. The molecule has 2 fully saturated rings. The highest BCUT2D eigenvalue weighted by Gasteiger charge is 2.66. The zero-order valence-electron chi connectivity index (χ0n) is 15.1. The van der Waals surface area contributed by atoms with Crippen molar-refractivity contribution in [2.45, 2.75) is 32.2 Å². The van der Waals surface area contributed by atoms with Gasteiger partial charge in [0, 0.05) is 26.2 Å². The third-order valence-electron chi connectivity index (χ3n) is 5.87. The summed E-state index contributed by atoms with van der Waals surface area (Å²) in [5.74, 6) is 1.18. The second-order valence-corrected chi connectivity index (χ2v) is 8.07. The molecular formula is C19H25FN4O. The number of hydrogen-bond acceptors (Lipinski definition) is 5. The van der Waals surface area contributed by atoms with Gasteiger partial charge in [-0.15, -0.1) is 0 Å². The van der Waals surface area contributed by atoms with E-state index >= 15 is 0 Å². The molecule has 1 unspecified atom stereocenters. The zero-order valence-corrected chi connectivity index (χ0v) is 15.1. The summed E-state index contributed by atoms with van der Waals surface area (Å²) in [5, 5.41) is 4.23. The lowest BCUT2D eigenvalue weighted by atomic mass is 9.87. The van der Waals surface area contributed by atoms with Crippen molar-refractivity contribution < 1.29 is 8.91 Å². The van der Waals surface area contributed by atoms with Gasteiger partial charge >= 0.3 is 0 Å². The molecule has 25 heavy (non-hydrogen) atoms. The van der Waals surface area contributed by atoms with E-state index in [2.05, 4.69) is 35.9 Å². The molecule has 1 atom stereocenters. The maximum Gasteiger partial charge on any atom is 0.237 e. The third kappa shape index (κ3) is 2.87. The second kappa shape index (κ2) is 5.88. The molecule has 4 rings (SSSR count). The van der Waals surface area contributed by atoms with Gasteiger partial charge in [-0.1, -0.05) is 31.1 Å². The Morgan fingerprint density at radius 2 is 1.76 bits per heavy atom. The van der Waals surface area contributed by atoms with Crippen molar-refractivity contribution in [3.63, 3.8) is 0 Å². The maximum atomic E-state index is 13.3. The maximum absolute atomic E-state index is 13.3. The lowest BCUT2D eigenvalue weighted by molar-refractivity contribution is 0.144. The predicted octanol–water partition coefficient (Wildman–Crippen LogP) is 2.67. The smallest absolute Gasteiger partial charge is 0.237 e. The number of likely N-dealkylation sites (N-methyl/N-ethyl adjacent to an activating group) is 1. The number of rotatable bonds is 4. The quantitative estimate of drug-likeness (QED) is 0.853. The minimum absolute atomic E-state index is 0.0302. The van der Waals surface area contributed by atoms with Gasteiger partial charge in [-0.2, -0.15) is 4.98 Å².